The number of likely N-dealkylation sites (tertiary alicyclic amines) is 1. The normalized spacial score (nSPS) is 19.1. The topological polar surface area (TPSA) is 128 Å². The number of carbonyl (C=O) groups excluding carboxylic acids is 2. The molecule has 6 rings (SSSR count). The summed E-state index contributed by atoms with van der Waals surface area (Å²) >= 11 is 0. The number of ether oxygens (including phenoxy) is 1. The molecule has 0 radical (unpaired) electrons. The Labute approximate surface area is 305 Å². The van der Waals surface area contributed by atoms with E-state index < -0.39 is 15.8 Å². The van der Waals surface area contributed by atoms with Crippen LogP contribution in [0.4, 0.5) is 15.9 Å². The predicted molar refractivity (Wildman–Crippen MR) is 197 cm³/mol. The number of nitrogens with zero attached hydrogens (tertiary/aromatic N) is 6. The van der Waals surface area contributed by atoms with Crippen LogP contribution in [-0.4, -0.2) is 102 Å². The van der Waals surface area contributed by atoms with Crippen molar-refractivity contribution in [1.82, 2.24) is 24.1 Å². The van der Waals surface area contributed by atoms with Gasteiger partial charge in [0.1, 0.15) is 17.9 Å². The highest BCUT2D eigenvalue weighted by molar-refractivity contribution is 7.89. The highest BCUT2D eigenvalue weighted by Crippen LogP contribution is 2.43. The summed E-state index contributed by atoms with van der Waals surface area (Å²) in [5, 5.41) is 2.64. The summed E-state index contributed by atoms with van der Waals surface area (Å²) in [4.78, 5) is 40.5. The first-order valence-electron chi connectivity index (χ1n) is 17.9. The minimum atomic E-state index is -3.63. The molecule has 278 valence electrons. The molecule has 2 amide bonds. The lowest BCUT2D eigenvalue weighted by Crippen LogP contribution is -2.61. The van der Waals surface area contributed by atoms with Crippen LogP contribution in [-0.2, 0) is 14.8 Å². The summed E-state index contributed by atoms with van der Waals surface area (Å²) in [6.45, 7) is 16.5. The van der Waals surface area contributed by atoms with Gasteiger partial charge in [-0.2, -0.15) is 4.31 Å². The minimum absolute atomic E-state index is 0.0824. The van der Waals surface area contributed by atoms with Crippen LogP contribution in [0.5, 0.6) is 11.5 Å². The number of halogens is 1. The molecule has 3 aromatic rings. The Hall–Kier alpha value is -4.40. The number of piperidine rings is 1. The fourth-order valence-electron chi connectivity index (χ4n) is 7.84. The standard InChI is InChI=1S/C38H48FN7O5S/c1-6-35(47)42-30-8-10-31(11-9-30)52(49,50)45-17-14-38(15-18-45)23-43(24-38)21-28-13-16-44(22-28)36-34(20-40-25-41-36)51-33-12-7-29(39)19-32(33)37(48)46(26(2)3)27(4)5/h6-12,19-20,25-28H,1,13-18,21-24H2,2-5H3,(H,42,47)/t28-/m0/s1. The SMILES string of the molecule is C=CC(=O)Nc1ccc(S(=O)(=O)N2CCC3(CC2)CN(C[C@@H]2CCN(c4ncncc4Oc4ccc(F)cc4C(=O)N(C(C)C)C(C)C)C2)C3)cc1. The number of nitrogens with one attached hydrogen (secondary N) is 1. The van der Waals surface area contributed by atoms with Gasteiger partial charge >= 0.3 is 0 Å². The van der Waals surface area contributed by atoms with Gasteiger partial charge in [0.05, 0.1) is 16.7 Å². The maximum Gasteiger partial charge on any atom is 0.258 e. The van der Waals surface area contributed by atoms with Crippen LogP contribution in [0.25, 0.3) is 0 Å². The molecule has 0 aliphatic carbocycles. The lowest BCUT2D eigenvalue weighted by Gasteiger charge is -2.54. The molecule has 1 atom stereocenters. The smallest absolute Gasteiger partial charge is 0.258 e. The fourth-order valence-corrected chi connectivity index (χ4v) is 9.28. The van der Waals surface area contributed by atoms with Gasteiger partial charge in [-0.3, -0.25) is 9.59 Å². The molecule has 12 nitrogen and oxygen atoms in total. The molecule has 0 unspecified atom stereocenters. The zero-order valence-corrected chi connectivity index (χ0v) is 31.1. The highest BCUT2D eigenvalue weighted by atomic mass is 32.2. The first-order valence-corrected chi connectivity index (χ1v) is 19.3. The fraction of sp³-hybridized carbons (Fsp3) is 0.474. The number of anilines is 2. The number of sulfonamides is 1. The van der Waals surface area contributed by atoms with E-state index in [1.807, 2.05) is 27.7 Å². The number of carbonyl (C=O) groups is 2. The zero-order valence-electron chi connectivity index (χ0n) is 30.3. The quantitative estimate of drug-likeness (QED) is 0.243. The predicted octanol–water partition coefficient (Wildman–Crippen LogP) is 5.40. The second kappa shape index (κ2) is 15.3. The molecular formula is C38H48FN7O5S. The Morgan fingerprint density at radius 2 is 1.75 bits per heavy atom. The number of hydrogen-bond donors (Lipinski definition) is 1. The largest absolute Gasteiger partial charge is 0.451 e. The maximum absolute atomic E-state index is 14.4. The number of rotatable bonds is 12. The summed E-state index contributed by atoms with van der Waals surface area (Å²) in [5.74, 6) is 0.529. The van der Waals surface area contributed by atoms with E-state index in [-0.39, 0.29) is 45.5 Å². The lowest BCUT2D eigenvalue weighted by molar-refractivity contribution is -0.111. The minimum Gasteiger partial charge on any atom is -0.451 e. The lowest BCUT2D eigenvalue weighted by atomic mass is 9.72. The van der Waals surface area contributed by atoms with Gasteiger partial charge in [-0.1, -0.05) is 6.58 Å². The van der Waals surface area contributed by atoms with Gasteiger partial charge in [-0.25, -0.2) is 22.8 Å². The van der Waals surface area contributed by atoms with Gasteiger partial charge in [-0.05, 0) is 107 Å². The molecule has 3 aliphatic rings. The molecular weight excluding hydrogens is 686 g/mol. The molecule has 4 heterocycles. The monoisotopic (exact) mass is 733 g/mol. The molecule has 14 heteroatoms. The summed E-state index contributed by atoms with van der Waals surface area (Å²) in [6.07, 6.45) is 6.84. The highest BCUT2D eigenvalue weighted by Gasteiger charge is 2.47. The van der Waals surface area contributed by atoms with Crippen molar-refractivity contribution in [2.75, 3.05) is 56.0 Å². The van der Waals surface area contributed by atoms with Gasteiger partial charge in [0.25, 0.3) is 5.91 Å². The van der Waals surface area contributed by atoms with Crippen LogP contribution in [0.1, 0.15) is 57.3 Å². The Balaban J connectivity index is 1.03. The molecule has 3 fully saturated rings. The third-order valence-corrected chi connectivity index (χ3v) is 12.3. The van der Waals surface area contributed by atoms with Gasteiger partial charge < -0.3 is 24.8 Å². The summed E-state index contributed by atoms with van der Waals surface area (Å²) in [7, 11) is -3.63. The molecule has 1 aromatic heterocycles. The molecule has 0 saturated carbocycles. The zero-order chi connectivity index (χ0) is 37.2. The molecule has 2 aromatic carbocycles. The molecule has 1 spiro atoms. The van der Waals surface area contributed by atoms with Crippen molar-refractivity contribution < 1.29 is 27.1 Å². The van der Waals surface area contributed by atoms with E-state index in [0.717, 1.165) is 58.1 Å². The van der Waals surface area contributed by atoms with Gasteiger partial charge in [0, 0.05) is 63.6 Å². The van der Waals surface area contributed by atoms with Crippen LogP contribution in [0.2, 0.25) is 0 Å². The van der Waals surface area contributed by atoms with Crippen molar-refractivity contribution in [2.45, 2.75) is 63.9 Å². The summed E-state index contributed by atoms with van der Waals surface area (Å²) < 4.78 is 49.0. The first kappa shape index (κ1) is 37.4. The van der Waals surface area contributed by atoms with Crippen LogP contribution < -0.4 is 15.0 Å². The van der Waals surface area contributed by atoms with E-state index in [0.29, 0.717) is 36.3 Å². The van der Waals surface area contributed by atoms with Crippen molar-refractivity contribution in [3.05, 3.63) is 79.0 Å². The number of aromatic nitrogens is 2. The Morgan fingerprint density at radius 3 is 2.40 bits per heavy atom. The Bertz CT molecular complexity index is 1880. The van der Waals surface area contributed by atoms with Crippen molar-refractivity contribution in [2.24, 2.45) is 11.3 Å². The number of hydrogen-bond acceptors (Lipinski definition) is 9. The van der Waals surface area contributed by atoms with Crippen LogP contribution in [0.15, 0.2) is 72.5 Å². The third kappa shape index (κ3) is 7.98. The molecule has 1 N–H and O–H groups in total. The van der Waals surface area contributed by atoms with Gasteiger partial charge in [-0.15, -0.1) is 0 Å². The number of amides is 2. The maximum atomic E-state index is 14.4. The third-order valence-electron chi connectivity index (χ3n) is 10.3. The van der Waals surface area contributed by atoms with Crippen molar-refractivity contribution in [3.63, 3.8) is 0 Å². The molecule has 3 saturated heterocycles. The molecule has 0 bridgehead atoms. The second-order valence-electron chi connectivity index (χ2n) is 14.7. The first-order chi connectivity index (χ1) is 24.8. The van der Waals surface area contributed by atoms with E-state index in [2.05, 4.69) is 31.7 Å². The van der Waals surface area contributed by atoms with Crippen LogP contribution in [0, 0.1) is 17.2 Å². The Kier molecular flexibility index (Phi) is 11.0. The van der Waals surface area contributed by atoms with E-state index >= 15 is 0 Å². The van der Waals surface area contributed by atoms with Crippen molar-refractivity contribution in [1.29, 1.82) is 0 Å². The molecule has 3 aliphatic heterocycles. The van der Waals surface area contributed by atoms with E-state index in [4.69, 9.17) is 4.74 Å². The van der Waals surface area contributed by atoms with E-state index in [9.17, 15) is 22.4 Å². The van der Waals surface area contributed by atoms with Crippen molar-refractivity contribution >= 4 is 33.3 Å². The van der Waals surface area contributed by atoms with E-state index in [1.54, 1.807) is 27.5 Å². The van der Waals surface area contributed by atoms with Gasteiger partial charge in [0.15, 0.2) is 11.6 Å². The van der Waals surface area contributed by atoms with Crippen LogP contribution >= 0.6 is 0 Å². The summed E-state index contributed by atoms with van der Waals surface area (Å²) in [6, 6.07) is 10.1. The molecule has 52 heavy (non-hydrogen) atoms. The Morgan fingerprint density at radius 1 is 1.06 bits per heavy atom. The number of benzene rings is 2. The van der Waals surface area contributed by atoms with Crippen LogP contribution in [0.3, 0.4) is 0 Å². The average Bonchev–Trinajstić information content (AvgIpc) is 3.57. The van der Waals surface area contributed by atoms with E-state index in [1.165, 1.54) is 36.7 Å². The van der Waals surface area contributed by atoms with Gasteiger partial charge in [0.2, 0.25) is 15.9 Å². The summed E-state index contributed by atoms with van der Waals surface area (Å²) in [5.41, 5.74) is 0.790. The second-order valence-corrected chi connectivity index (χ2v) is 16.7. The average molecular weight is 734 g/mol. The van der Waals surface area contributed by atoms with Crippen molar-refractivity contribution in [3.8, 4) is 11.5 Å².